The molecule has 0 aliphatic carbocycles. The lowest BCUT2D eigenvalue weighted by Gasteiger charge is -1.98. The molecule has 2 rings (SSSR count). The lowest BCUT2D eigenvalue weighted by atomic mass is 10.7. The largest absolute Gasteiger partial charge is 0.454 e. The average molecular weight is 174 g/mol. The van der Waals surface area contributed by atoms with Crippen LogP contribution in [0.4, 0.5) is 0 Å². The van der Waals surface area contributed by atoms with Gasteiger partial charge >= 0.3 is 0 Å². The summed E-state index contributed by atoms with van der Waals surface area (Å²) in [6.07, 6.45) is 2.74. The van der Waals surface area contributed by atoms with E-state index in [-0.39, 0.29) is 0 Å². The Balaban J connectivity index is 2.32. The molecule has 62 valence electrons. The zero-order valence-corrected chi connectivity index (χ0v) is 6.75. The van der Waals surface area contributed by atoms with Crippen LogP contribution in [0.2, 0.25) is 0 Å². The fourth-order valence-electron chi connectivity index (χ4n) is 1.23. The van der Waals surface area contributed by atoms with Gasteiger partial charge in [-0.05, 0) is 24.1 Å². The number of rotatable bonds is 2. The lowest BCUT2D eigenvalue weighted by Crippen LogP contribution is -1.92. The van der Waals surface area contributed by atoms with Gasteiger partial charge in [0.1, 0.15) is 0 Å². The summed E-state index contributed by atoms with van der Waals surface area (Å²) >= 11 is 0. The van der Waals surface area contributed by atoms with Crippen molar-refractivity contribution in [1.29, 1.82) is 0 Å². The highest BCUT2D eigenvalue weighted by molar-refractivity contribution is 5.44. The van der Waals surface area contributed by atoms with Gasteiger partial charge in [-0.3, -0.25) is 0 Å². The van der Waals surface area contributed by atoms with Crippen LogP contribution in [0.25, 0.3) is 0 Å². The SMILES string of the molecule is C=CC[14c]1[14cH][14cH][14c]2[14c]([14cH]1)OCO2. The molecule has 1 heterocycles. The van der Waals surface area contributed by atoms with E-state index in [1.54, 1.807) is 0 Å². The Labute approximate surface area is 71.4 Å². The van der Waals surface area contributed by atoms with E-state index < -0.39 is 0 Å². The van der Waals surface area contributed by atoms with Crippen LogP contribution in [0.3, 0.4) is 0 Å². The van der Waals surface area contributed by atoms with Gasteiger partial charge in [0.25, 0.3) is 0 Å². The van der Waals surface area contributed by atoms with Crippen LogP contribution >= 0.6 is 0 Å². The third-order valence-electron chi connectivity index (χ3n) is 1.82. The third kappa shape index (κ3) is 1.16. The van der Waals surface area contributed by atoms with E-state index in [9.17, 15) is 0 Å². The summed E-state index contributed by atoms with van der Waals surface area (Å²) in [4.78, 5) is 0. The van der Waals surface area contributed by atoms with Gasteiger partial charge in [0.05, 0.1) is 0 Å². The molecule has 0 spiro atoms. The molecule has 0 unspecified atom stereocenters. The molecule has 1 aromatic rings. The minimum atomic E-state index is 0.340. The second-order valence-corrected chi connectivity index (χ2v) is 2.68. The third-order valence-corrected chi connectivity index (χ3v) is 1.82. The maximum Gasteiger partial charge on any atom is 0.231 e. The maximum absolute atomic E-state index is 5.23. The molecule has 0 amide bonds. The van der Waals surface area contributed by atoms with Crippen molar-refractivity contribution in [3.63, 3.8) is 0 Å². The molecule has 12 heavy (non-hydrogen) atoms. The molecule has 0 saturated carbocycles. The minimum Gasteiger partial charge on any atom is -0.454 e. The molecule has 0 N–H and O–H groups in total. The molecule has 0 fully saturated rings. The van der Waals surface area contributed by atoms with Gasteiger partial charge in [-0.1, -0.05) is 12.1 Å². The predicted octanol–water partition coefficient (Wildman–Crippen LogP) is 2.14. The maximum atomic E-state index is 5.23. The summed E-state index contributed by atoms with van der Waals surface area (Å²) < 4.78 is 10.4. The average Bonchev–Trinajstić information content (AvgIpc) is 2.51. The highest BCUT2D eigenvalue weighted by Crippen LogP contribution is 2.32. The molecule has 1 aliphatic rings. The van der Waals surface area contributed by atoms with E-state index in [4.69, 9.17) is 9.47 Å². The molecule has 2 nitrogen and oxygen atoms in total. The van der Waals surface area contributed by atoms with Crippen molar-refractivity contribution >= 4 is 0 Å². The second kappa shape index (κ2) is 2.89. The van der Waals surface area contributed by atoms with Gasteiger partial charge in [-0.15, -0.1) is 6.58 Å². The topological polar surface area (TPSA) is 18.5 Å². The van der Waals surface area contributed by atoms with Crippen molar-refractivity contribution in [2.75, 3.05) is 6.79 Å². The molecular formula is C10H10O2. The summed E-state index contributed by atoms with van der Waals surface area (Å²) in [5, 5.41) is 0. The molecule has 0 aromatic heterocycles. The van der Waals surface area contributed by atoms with Gasteiger partial charge in [-0.25, -0.2) is 0 Å². The van der Waals surface area contributed by atoms with Crippen LogP contribution in [0.5, 0.6) is 11.5 Å². The lowest BCUT2D eigenvalue weighted by molar-refractivity contribution is 0.174. The molecule has 0 saturated heterocycles. The summed E-state index contributed by atoms with van der Waals surface area (Å²) in [7, 11) is 0. The number of fused-ring (bicyclic) bond motifs is 1. The van der Waals surface area contributed by atoms with Crippen molar-refractivity contribution in [3.05, 3.63) is 36.4 Å². The first-order valence-electron chi connectivity index (χ1n) is 3.89. The second-order valence-electron chi connectivity index (χ2n) is 2.68. The van der Waals surface area contributed by atoms with Crippen molar-refractivity contribution in [2.45, 2.75) is 6.42 Å². The number of hydrogen-bond acceptors (Lipinski definition) is 2. The molecule has 0 radical (unpaired) electrons. The van der Waals surface area contributed by atoms with Gasteiger partial charge < -0.3 is 9.47 Å². The van der Waals surface area contributed by atoms with E-state index in [1.165, 1.54) is 5.56 Å². The fraction of sp³-hybridized carbons (Fsp3) is 0.200. The van der Waals surface area contributed by atoms with E-state index in [0.717, 1.165) is 17.9 Å². The summed E-state index contributed by atoms with van der Waals surface area (Å²) in [5.74, 6) is 1.68. The number of benzene rings is 1. The molecule has 0 atom stereocenters. The standard InChI is InChI=1S/C10H10O2/c1-2-3-8-4-5-9-10(6-8)12-7-11-9/h2,4-6H,1,3,7H2/i4+2,5+2,6+2,8+2,9+2,10+2. The quantitative estimate of drug-likeness (QED) is 0.639. The zero-order valence-electron chi connectivity index (χ0n) is 6.75. The van der Waals surface area contributed by atoms with Gasteiger partial charge in [-0.2, -0.15) is 0 Å². The van der Waals surface area contributed by atoms with Crippen LogP contribution in [-0.2, 0) is 6.42 Å². The zero-order chi connectivity index (χ0) is 8.39. The van der Waals surface area contributed by atoms with Crippen molar-refractivity contribution in [2.24, 2.45) is 0 Å². The summed E-state index contributed by atoms with van der Waals surface area (Å²) in [6, 6.07) is 5.94. The number of allylic oxidation sites excluding steroid dienone is 1. The van der Waals surface area contributed by atoms with Gasteiger partial charge in [0, 0.05) is 0 Å². The van der Waals surface area contributed by atoms with E-state index in [1.807, 2.05) is 24.3 Å². The Morgan fingerprint density at radius 3 is 3.00 bits per heavy atom. The first kappa shape index (κ1) is 7.22. The Morgan fingerprint density at radius 2 is 2.17 bits per heavy atom. The summed E-state index contributed by atoms with van der Waals surface area (Å²) in [6.45, 7) is 4.02. The van der Waals surface area contributed by atoms with E-state index in [2.05, 4.69) is 6.58 Å². The number of hydrogen-bond donors (Lipinski definition) is 0. The fourth-order valence-corrected chi connectivity index (χ4v) is 1.23. The van der Waals surface area contributed by atoms with Crippen molar-refractivity contribution < 1.29 is 9.47 Å². The first-order chi connectivity index (χ1) is 5.90. The molecular weight excluding hydrogens is 164 g/mol. The smallest absolute Gasteiger partial charge is 0.231 e. The van der Waals surface area contributed by atoms with Crippen LogP contribution in [0, 0.1) is 0 Å². The Hall–Kier alpha value is -1.44. The molecule has 1 aromatic carbocycles. The minimum absolute atomic E-state index is 0.340. The Morgan fingerprint density at radius 1 is 1.33 bits per heavy atom. The molecule has 1 aliphatic heterocycles. The van der Waals surface area contributed by atoms with Crippen molar-refractivity contribution in [1.82, 2.24) is 0 Å². The van der Waals surface area contributed by atoms with E-state index in [0.29, 0.717) is 6.79 Å². The molecule has 0 bridgehead atoms. The first-order valence-corrected chi connectivity index (χ1v) is 3.89. The Bertz CT molecular complexity index is 305. The van der Waals surface area contributed by atoms with E-state index >= 15 is 0 Å². The van der Waals surface area contributed by atoms with Gasteiger partial charge in [0.2, 0.25) is 6.79 Å². The Kier molecular flexibility index (Phi) is 1.74. The van der Waals surface area contributed by atoms with Crippen molar-refractivity contribution in [3.8, 4) is 11.5 Å². The normalized spacial score (nSPS) is 13.0. The van der Waals surface area contributed by atoms with Crippen LogP contribution in [0.1, 0.15) is 5.56 Å². The number of ether oxygens (including phenoxy) is 2. The highest BCUT2D eigenvalue weighted by atomic mass is 16.9. The van der Waals surface area contributed by atoms with Gasteiger partial charge in [0.15, 0.2) is 11.5 Å². The van der Waals surface area contributed by atoms with Crippen LogP contribution < -0.4 is 9.47 Å². The van der Waals surface area contributed by atoms with Crippen LogP contribution in [-0.4, -0.2) is 6.79 Å². The highest BCUT2D eigenvalue weighted by Gasteiger charge is 2.12. The monoisotopic (exact) mass is 174 g/mol. The van der Waals surface area contributed by atoms with Crippen LogP contribution in [0.15, 0.2) is 30.9 Å². The molecule has 2 heteroatoms. The summed E-state index contributed by atoms with van der Waals surface area (Å²) in [5.41, 5.74) is 1.20. The predicted molar refractivity (Wildman–Crippen MR) is 46.5 cm³/mol.